The molecule has 2 rings (SSSR count). The summed E-state index contributed by atoms with van der Waals surface area (Å²) in [5.74, 6) is -0.521. The summed E-state index contributed by atoms with van der Waals surface area (Å²) in [5.41, 5.74) is -1.08. The van der Waals surface area contributed by atoms with E-state index in [1.807, 2.05) is 6.92 Å². The number of benzene rings is 1. The first kappa shape index (κ1) is 24.9. The average molecular weight is 519 g/mol. The molecule has 1 aliphatic heterocycles. The Morgan fingerprint density at radius 2 is 2.11 bits per heavy atom. The van der Waals surface area contributed by atoms with Crippen LogP contribution >= 0.6 is 24.0 Å². The second-order valence-corrected chi connectivity index (χ2v) is 6.13. The Kier molecular flexibility index (Phi) is 11.1. The van der Waals surface area contributed by atoms with Gasteiger partial charge in [-0.25, -0.2) is 9.38 Å². The van der Waals surface area contributed by atoms with Crippen LogP contribution in [0.25, 0.3) is 0 Å². The number of aliphatic imine (C=N–C) groups is 1. The van der Waals surface area contributed by atoms with Crippen molar-refractivity contribution in [3.63, 3.8) is 0 Å². The average Bonchev–Trinajstić information content (AvgIpc) is 3.12. The van der Waals surface area contributed by atoms with Crippen LogP contribution in [0.1, 0.15) is 30.9 Å². The summed E-state index contributed by atoms with van der Waals surface area (Å²) in [7, 11) is 0. The van der Waals surface area contributed by atoms with E-state index in [1.54, 1.807) is 0 Å². The molecule has 160 valence electrons. The van der Waals surface area contributed by atoms with Gasteiger partial charge in [0, 0.05) is 26.3 Å². The minimum Gasteiger partial charge on any atom is -0.379 e. The predicted molar refractivity (Wildman–Crippen MR) is 109 cm³/mol. The van der Waals surface area contributed by atoms with Gasteiger partial charge in [-0.15, -0.1) is 24.0 Å². The fourth-order valence-corrected chi connectivity index (χ4v) is 2.63. The molecule has 1 fully saturated rings. The van der Waals surface area contributed by atoms with Gasteiger partial charge in [0.15, 0.2) is 5.96 Å². The van der Waals surface area contributed by atoms with E-state index < -0.39 is 17.6 Å². The van der Waals surface area contributed by atoms with Crippen LogP contribution < -0.4 is 10.6 Å². The lowest BCUT2D eigenvalue weighted by Gasteiger charge is -2.14. The van der Waals surface area contributed by atoms with E-state index in [4.69, 9.17) is 9.47 Å². The quantitative estimate of drug-likeness (QED) is 0.181. The molecule has 0 saturated carbocycles. The van der Waals surface area contributed by atoms with Crippen molar-refractivity contribution in [2.75, 3.05) is 32.9 Å². The molecule has 0 aromatic heterocycles. The molecule has 1 unspecified atom stereocenters. The highest BCUT2D eigenvalue weighted by Gasteiger charge is 2.33. The van der Waals surface area contributed by atoms with Gasteiger partial charge in [0.2, 0.25) is 0 Å². The number of nitrogens with one attached hydrogen (secondary N) is 2. The monoisotopic (exact) mass is 519 g/mol. The first-order chi connectivity index (χ1) is 12.9. The molecule has 1 aromatic rings. The Morgan fingerprint density at radius 1 is 1.32 bits per heavy atom. The smallest absolute Gasteiger partial charge is 0.379 e. The van der Waals surface area contributed by atoms with Crippen LogP contribution in [0.3, 0.4) is 0 Å². The molecule has 0 spiro atoms. The Balaban J connectivity index is 0.00000392. The van der Waals surface area contributed by atoms with Gasteiger partial charge >= 0.3 is 6.18 Å². The van der Waals surface area contributed by atoms with Gasteiger partial charge in [-0.05, 0) is 37.5 Å². The summed E-state index contributed by atoms with van der Waals surface area (Å²) in [5, 5.41) is 6.04. The van der Waals surface area contributed by atoms with Crippen molar-refractivity contribution in [2.24, 2.45) is 4.99 Å². The number of alkyl halides is 3. The minimum atomic E-state index is -4.62. The van der Waals surface area contributed by atoms with E-state index in [2.05, 4.69) is 15.6 Å². The van der Waals surface area contributed by atoms with E-state index in [-0.39, 0.29) is 42.2 Å². The fraction of sp³-hybridized carbons (Fsp3) is 0.611. The summed E-state index contributed by atoms with van der Waals surface area (Å²) in [6.07, 6.45) is -2.85. The van der Waals surface area contributed by atoms with E-state index in [0.29, 0.717) is 38.3 Å². The van der Waals surface area contributed by atoms with Crippen LogP contribution in [0.4, 0.5) is 17.6 Å². The number of halogens is 5. The molecule has 1 aromatic carbocycles. The van der Waals surface area contributed by atoms with Crippen molar-refractivity contribution in [1.29, 1.82) is 0 Å². The third-order valence-electron chi connectivity index (χ3n) is 3.98. The lowest BCUT2D eigenvalue weighted by molar-refractivity contribution is -0.138. The van der Waals surface area contributed by atoms with Crippen molar-refractivity contribution >= 4 is 29.9 Å². The third-order valence-corrected chi connectivity index (χ3v) is 3.98. The summed E-state index contributed by atoms with van der Waals surface area (Å²) >= 11 is 0. The molecule has 1 atom stereocenters. The summed E-state index contributed by atoms with van der Waals surface area (Å²) in [6, 6.07) is 2.61. The van der Waals surface area contributed by atoms with Crippen LogP contribution in [0.15, 0.2) is 23.2 Å². The molecule has 0 radical (unpaired) electrons. The van der Waals surface area contributed by atoms with E-state index in [0.717, 1.165) is 31.6 Å². The van der Waals surface area contributed by atoms with Crippen molar-refractivity contribution < 1.29 is 27.0 Å². The van der Waals surface area contributed by atoms with E-state index >= 15 is 0 Å². The lowest BCUT2D eigenvalue weighted by Crippen LogP contribution is -2.38. The Morgan fingerprint density at radius 3 is 2.75 bits per heavy atom. The largest absolute Gasteiger partial charge is 0.416 e. The second-order valence-electron chi connectivity index (χ2n) is 6.13. The van der Waals surface area contributed by atoms with Crippen molar-refractivity contribution in [2.45, 2.75) is 38.6 Å². The SMILES string of the molecule is CCNC(=NCc1ccc(F)cc1C(F)(F)F)NCCCOC1CCOC1.I. The Bertz CT molecular complexity index is 623. The molecule has 0 amide bonds. The zero-order valence-electron chi connectivity index (χ0n) is 15.7. The van der Waals surface area contributed by atoms with E-state index in [1.165, 1.54) is 0 Å². The third kappa shape index (κ3) is 8.48. The van der Waals surface area contributed by atoms with Gasteiger partial charge in [0.05, 0.1) is 24.8 Å². The van der Waals surface area contributed by atoms with Crippen LogP contribution in [0.5, 0.6) is 0 Å². The van der Waals surface area contributed by atoms with Gasteiger partial charge < -0.3 is 20.1 Å². The Hall–Kier alpha value is -1.14. The molecule has 0 bridgehead atoms. The molecule has 28 heavy (non-hydrogen) atoms. The summed E-state index contributed by atoms with van der Waals surface area (Å²) in [4.78, 5) is 4.17. The van der Waals surface area contributed by atoms with Gasteiger partial charge in [-0.1, -0.05) is 6.07 Å². The maximum Gasteiger partial charge on any atom is 0.416 e. The highest BCUT2D eigenvalue weighted by molar-refractivity contribution is 14.0. The predicted octanol–water partition coefficient (Wildman–Crippen LogP) is 3.71. The number of hydrogen-bond acceptors (Lipinski definition) is 3. The highest BCUT2D eigenvalue weighted by atomic mass is 127. The Labute approximate surface area is 179 Å². The van der Waals surface area contributed by atoms with Crippen LogP contribution in [-0.2, 0) is 22.2 Å². The maximum absolute atomic E-state index is 13.2. The molecule has 5 nitrogen and oxygen atoms in total. The molecular weight excluding hydrogens is 493 g/mol. The first-order valence-corrected chi connectivity index (χ1v) is 8.97. The number of nitrogens with zero attached hydrogens (tertiary/aromatic N) is 1. The molecule has 2 N–H and O–H groups in total. The van der Waals surface area contributed by atoms with Gasteiger partial charge in [0.25, 0.3) is 0 Å². The highest BCUT2D eigenvalue weighted by Crippen LogP contribution is 2.32. The van der Waals surface area contributed by atoms with Crippen LogP contribution in [-0.4, -0.2) is 45.0 Å². The van der Waals surface area contributed by atoms with E-state index in [9.17, 15) is 17.6 Å². The zero-order valence-corrected chi connectivity index (χ0v) is 18.0. The molecule has 1 aliphatic rings. The number of rotatable bonds is 8. The van der Waals surface area contributed by atoms with Gasteiger partial charge in [-0.2, -0.15) is 13.2 Å². The van der Waals surface area contributed by atoms with Gasteiger partial charge in [-0.3, -0.25) is 0 Å². The number of guanidine groups is 1. The van der Waals surface area contributed by atoms with Crippen molar-refractivity contribution in [1.82, 2.24) is 10.6 Å². The van der Waals surface area contributed by atoms with Crippen LogP contribution in [0.2, 0.25) is 0 Å². The number of ether oxygens (including phenoxy) is 2. The zero-order chi connectivity index (χ0) is 19.7. The first-order valence-electron chi connectivity index (χ1n) is 8.97. The summed E-state index contributed by atoms with van der Waals surface area (Å²) in [6.45, 7) is 4.70. The molecule has 1 heterocycles. The van der Waals surface area contributed by atoms with Gasteiger partial charge in [0.1, 0.15) is 5.82 Å². The van der Waals surface area contributed by atoms with Crippen LogP contribution in [0, 0.1) is 5.82 Å². The molecule has 10 heteroatoms. The molecular formula is C18H26F4IN3O2. The number of hydrogen-bond donors (Lipinski definition) is 2. The fourth-order valence-electron chi connectivity index (χ4n) is 2.63. The lowest BCUT2D eigenvalue weighted by atomic mass is 10.1. The molecule has 0 aliphatic carbocycles. The normalized spacial score (nSPS) is 17.3. The summed E-state index contributed by atoms with van der Waals surface area (Å²) < 4.78 is 63.2. The second kappa shape index (κ2) is 12.4. The molecule has 1 saturated heterocycles. The van der Waals surface area contributed by atoms with Crippen molar-refractivity contribution in [3.8, 4) is 0 Å². The standard InChI is InChI=1S/C18H25F4N3O2.HI/c1-2-23-17(24-7-3-8-27-15-6-9-26-12-15)25-11-13-4-5-14(19)10-16(13)18(20,21)22;/h4-5,10,15H,2-3,6-9,11-12H2,1H3,(H2,23,24,25);1H. The maximum atomic E-state index is 13.2. The topological polar surface area (TPSA) is 54.9 Å². The minimum absolute atomic E-state index is 0. The van der Waals surface area contributed by atoms with Crippen molar-refractivity contribution in [3.05, 3.63) is 35.1 Å².